The molecule has 4 nitrogen and oxygen atoms in total. The van der Waals surface area contributed by atoms with Crippen LogP contribution in [0.2, 0.25) is 0 Å². The summed E-state index contributed by atoms with van der Waals surface area (Å²) in [4.78, 5) is 6.88. The second kappa shape index (κ2) is 5.40. The second-order valence-corrected chi connectivity index (χ2v) is 7.42. The van der Waals surface area contributed by atoms with Crippen molar-refractivity contribution >= 4 is 16.1 Å². The number of allylic oxidation sites excluding steroid dienone is 1. The number of rotatable bonds is 3. The normalized spacial score (nSPS) is 20.2. The van der Waals surface area contributed by atoms with Crippen LogP contribution < -0.4 is 0 Å². The molecule has 0 N–H and O–H groups in total. The molecule has 3 rings (SSSR count). The predicted molar refractivity (Wildman–Crippen MR) is 79.7 cm³/mol. The average Bonchev–Trinajstić information content (AvgIpc) is 3.02. The Balaban J connectivity index is 1.69. The van der Waals surface area contributed by atoms with Gasteiger partial charge in [0.2, 0.25) is 0 Å². The van der Waals surface area contributed by atoms with Crippen molar-refractivity contribution < 1.29 is 8.42 Å². The van der Waals surface area contributed by atoms with Gasteiger partial charge in [-0.05, 0) is 31.1 Å². The Bertz CT molecular complexity index is 627. The van der Waals surface area contributed by atoms with Gasteiger partial charge in [-0.1, -0.05) is 18.2 Å². The molecule has 1 fully saturated rings. The lowest BCUT2D eigenvalue weighted by atomic mass is 10.1. The molecule has 0 radical (unpaired) electrons. The van der Waals surface area contributed by atoms with Gasteiger partial charge in [-0.15, -0.1) is 0 Å². The SMILES string of the molecule is O=S(=O)(c1ccccc1)C1CCN(C2=CC=NC2)CC1. The fourth-order valence-electron chi connectivity index (χ4n) is 2.80. The summed E-state index contributed by atoms with van der Waals surface area (Å²) in [6.07, 6.45) is 5.22. The number of hydrogen-bond acceptors (Lipinski definition) is 4. The third-order valence-corrected chi connectivity index (χ3v) is 6.26. The average molecular weight is 290 g/mol. The highest BCUT2D eigenvalue weighted by Crippen LogP contribution is 2.26. The van der Waals surface area contributed by atoms with Crippen LogP contribution in [0, 0.1) is 0 Å². The smallest absolute Gasteiger partial charge is 0.181 e. The first-order valence-electron chi connectivity index (χ1n) is 6.91. The van der Waals surface area contributed by atoms with Crippen LogP contribution in [0.25, 0.3) is 0 Å². The molecule has 0 amide bonds. The molecule has 1 aromatic rings. The number of piperidine rings is 1. The molecule has 5 heteroatoms. The Kier molecular flexibility index (Phi) is 3.61. The van der Waals surface area contributed by atoms with Crippen LogP contribution in [0.3, 0.4) is 0 Å². The summed E-state index contributed by atoms with van der Waals surface area (Å²) in [5.41, 5.74) is 1.21. The van der Waals surface area contributed by atoms with Crippen LogP contribution >= 0.6 is 0 Å². The van der Waals surface area contributed by atoms with Crippen molar-refractivity contribution in [1.29, 1.82) is 0 Å². The number of sulfone groups is 1. The monoisotopic (exact) mass is 290 g/mol. The van der Waals surface area contributed by atoms with Crippen molar-refractivity contribution in [2.24, 2.45) is 4.99 Å². The lowest BCUT2D eigenvalue weighted by Crippen LogP contribution is -2.39. The van der Waals surface area contributed by atoms with Crippen LogP contribution in [0.5, 0.6) is 0 Å². The molecule has 0 bridgehead atoms. The molecule has 0 spiro atoms. The van der Waals surface area contributed by atoms with Gasteiger partial charge < -0.3 is 4.90 Å². The molecule has 0 unspecified atom stereocenters. The number of hydrogen-bond donors (Lipinski definition) is 0. The van der Waals surface area contributed by atoms with Gasteiger partial charge in [-0.3, -0.25) is 4.99 Å². The van der Waals surface area contributed by atoms with Crippen molar-refractivity contribution in [3.05, 3.63) is 42.1 Å². The highest BCUT2D eigenvalue weighted by atomic mass is 32.2. The maximum absolute atomic E-state index is 12.6. The molecule has 106 valence electrons. The van der Waals surface area contributed by atoms with E-state index in [0.717, 1.165) is 19.6 Å². The maximum atomic E-state index is 12.6. The Morgan fingerprint density at radius 3 is 2.40 bits per heavy atom. The lowest BCUT2D eigenvalue weighted by Gasteiger charge is -2.33. The Morgan fingerprint density at radius 1 is 1.10 bits per heavy atom. The van der Waals surface area contributed by atoms with E-state index >= 15 is 0 Å². The fraction of sp³-hybridized carbons (Fsp3) is 0.400. The molecule has 1 aromatic carbocycles. The zero-order chi connectivity index (χ0) is 14.0. The summed E-state index contributed by atoms with van der Waals surface area (Å²) in [6.45, 7) is 2.33. The van der Waals surface area contributed by atoms with E-state index in [1.807, 2.05) is 18.4 Å². The van der Waals surface area contributed by atoms with E-state index < -0.39 is 9.84 Å². The minimum absolute atomic E-state index is 0.260. The summed E-state index contributed by atoms with van der Waals surface area (Å²) in [5, 5.41) is -0.260. The zero-order valence-electron chi connectivity index (χ0n) is 11.3. The zero-order valence-corrected chi connectivity index (χ0v) is 12.1. The van der Waals surface area contributed by atoms with E-state index in [4.69, 9.17) is 0 Å². The van der Waals surface area contributed by atoms with Crippen molar-refractivity contribution in [1.82, 2.24) is 4.90 Å². The molecule has 0 aliphatic carbocycles. The molecule has 0 aromatic heterocycles. The van der Waals surface area contributed by atoms with Gasteiger partial charge in [0.15, 0.2) is 9.84 Å². The lowest BCUT2D eigenvalue weighted by molar-refractivity contribution is 0.284. The summed E-state index contributed by atoms with van der Waals surface area (Å²) < 4.78 is 25.1. The number of aliphatic imine (C=N–C) groups is 1. The third-order valence-electron chi connectivity index (χ3n) is 3.98. The van der Waals surface area contributed by atoms with E-state index in [0.29, 0.717) is 17.7 Å². The van der Waals surface area contributed by atoms with Crippen LogP contribution in [0.15, 0.2) is 52.0 Å². The summed E-state index contributed by atoms with van der Waals surface area (Å²) in [7, 11) is -3.19. The van der Waals surface area contributed by atoms with Gasteiger partial charge >= 0.3 is 0 Å². The first-order chi connectivity index (χ1) is 9.68. The Labute approximate surface area is 119 Å². The summed E-state index contributed by atoms with van der Waals surface area (Å²) >= 11 is 0. The molecule has 2 aliphatic rings. The van der Waals surface area contributed by atoms with Crippen LogP contribution in [-0.2, 0) is 9.84 Å². The molecular formula is C15H18N2O2S. The summed E-state index contributed by atoms with van der Waals surface area (Å²) in [6, 6.07) is 8.78. The minimum Gasteiger partial charge on any atom is -0.373 e. The molecule has 2 aliphatic heterocycles. The fourth-order valence-corrected chi connectivity index (χ4v) is 4.55. The third kappa shape index (κ3) is 2.50. The van der Waals surface area contributed by atoms with Crippen LogP contribution in [-0.4, -0.2) is 44.4 Å². The Hall–Kier alpha value is -1.62. The van der Waals surface area contributed by atoms with E-state index in [-0.39, 0.29) is 5.25 Å². The van der Waals surface area contributed by atoms with Gasteiger partial charge in [0.25, 0.3) is 0 Å². The molecular weight excluding hydrogens is 272 g/mol. The second-order valence-electron chi connectivity index (χ2n) is 5.19. The molecule has 1 saturated heterocycles. The van der Waals surface area contributed by atoms with Crippen molar-refractivity contribution in [2.45, 2.75) is 23.0 Å². The van der Waals surface area contributed by atoms with Gasteiger partial charge in [-0.25, -0.2) is 8.42 Å². The number of nitrogens with zero attached hydrogens (tertiary/aromatic N) is 2. The minimum atomic E-state index is -3.19. The maximum Gasteiger partial charge on any atom is 0.181 e. The number of benzene rings is 1. The van der Waals surface area contributed by atoms with E-state index in [1.54, 1.807) is 24.3 Å². The quantitative estimate of drug-likeness (QED) is 0.854. The first-order valence-corrected chi connectivity index (χ1v) is 8.45. The van der Waals surface area contributed by atoms with E-state index in [9.17, 15) is 8.42 Å². The molecule has 0 atom stereocenters. The number of likely N-dealkylation sites (tertiary alicyclic amines) is 1. The molecule has 2 heterocycles. The molecule has 0 saturated carbocycles. The van der Waals surface area contributed by atoms with Crippen molar-refractivity contribution in [3.8, 4) is 0 Å². The topological polar surface area (TPSA) is 49.7 Å². The van der Waals surface area contributed by atoms with Gasteiger partial charge in [0, 0.05) is 25.0 Å². The predicted octanol–water partition coefficient (Wildman–Crippen LogP) is 1.89. The molecule has 20 heavy (non-hydrogen) atoms. The van der Waals surface area contributed by atoms with Crippen molar-refractivity contribution in [2.75, 3.05) is 19.6 Å². The van der Waals surface area contributed by atoms with Gasteiger partial charge in [0.05, 0.1) is 16.7 Å². The van der Waals surface area contributed by atoms with Gasteiger partial charge in [-0.2, -0.15) is 0 Å². The highest BCUT2D eigenvalue weighted by Gasteiger charge is 2.31. The van der Waals surface area contributed by atoms with Crippen molar-refractivity contribution in [3.63, 3.8) is 0 Å². The largest absolute Gasteiger partial charge is 0.373 e. The van der Waals surface area contributed by atoms with E-state index in [1.165, 1.54) is 5.70 Å². The van der Waals surface area contributed by atoms with Gasteiger partial charge in [0.1, 0.15) is 0 Å². The summed E-state index contributed by atoms with van der Waals surface area (Å²) in [5.74, 6) is 0. The Morgan fingerprint density at radius 2 is 1.80 bits per heavy atom. The van der Waals surface area contributed by atoms with Crippen LogP contribution in [0.4, 0.5) is 0 Å². The first kappa shape index (κ1) is 13.4. The highest BCUT2D eigenvalue weighted by molar-refractivity contribution is 7.92. The van der Waals surface area contributed by atoms with Crippen LogP contribution in [0.1, 0.15) is 12.8 Å². The van der Waals surface area contributed by atoms with E-state index in [2.05, 4.69) is 9.89 Å². The standard InChI is InChI=1S/C15H18N2O2S/c18-20(19,14-4-2-1-3-5-14)15-7-10-17(11-8-15)13-6-9-16-12-13/h1-6,9,15H,7-8,10-12H2.